The number of nitrogens with one attached hydrogen (secondary N) is 1. The SMILES string of the molecule is C(=C\c1c[nH]c2ccccc12)/c1ccon1. The average molecular weight is 210 g/mol. The molecule has 0 saturated carbocycles. The lowest BCUT2D eigenvalue weighted by atomic mass is 10.1. The van der Waals surface area contributed by atoms with Gasteiger partial charge in [-0.3, -0.25) is 0 Å². The van der Waals surface area contributed by atoms with Gasteiger partial charge in [-0.25, -0.2) is 0 Å². The Balaban J connectivity index is 2.01. The van der Waals surface area contributed by atoms with Gasteiger partial charge in [0.05, 0.1) is 0 Å². The molecule has 0 aliphatic carbocycles. The third-order valence-electron chi connectivity index (χ3n) is 2.51. The number of H-pyrrole nitrogens is 1. The number of benzene rings is 1. The molecule has 0 saturated heterocycles. The third-order valence-corrected chi connectivity index (χ3v) is 2.51. The van der Waals surface area contributed by atoms with Crippen LogP contribution in [0, 0.1) is 0 Å². The lowest BCUT2D eigenvalue weighted by Gasteiger charge is -1.89. The maximum absolute atomic E-state index is 4.76. The van der Waals surface area contributed by atoms with Crippen molar-refractivity contribution in [2.45, 2.75) is 0 Å². The van der Waals surface area contributed by atoms with Crippen LogP contribution in [0.2, 0.25) is 0 Å². The molecule has 0 atom stereocenters. The number of fused-ring (bicyclic) bond motifs is 1. The summed E-state index contributed by atoms with van der Waals surface area (Å²) in [6, 6.07) is 10.0. The minimum atomic E-state index is 0.824. The molecule has 78 valence electrons. The van der Waals surface area contributed by atoms with E-state index >= 15 is 0 Å². The minimum absolute atomic E-state index is 0.824. The Labute approximate surface area is 92.4 Å². The molecular weight excluding hydrogens is 200 g/mol. The van der Waals surface area contributed by atoms with Crippen LogP contribution >= 0.6 is 0 Å². The van der Waals surface area contributed by atoms with Crippen molar-refractivity contribution in [3.05, 3.63) is 54.0 Å². The van der Waals surface area contributed by atoms with Crippen LogP contribution in [-0.2, 0) is 0 Å². The molecule has 3 aromatic rings. The van der Waals surface area contributed by atoms with E-state index in [1.165, 1.54) is 5.39 Å². The summed E-state index contributed by atoms with van der Waals surface area (Å²) in [5.41, 5.74) is 3.12. The topological polar surface area (TPSA) is 41.8 Å². The van der Waals surface area contributed by atoms with Crippen LogP contribution in [0.1, 0.15) is 11.3 Å². The molecular formula is C13H10N2O. The molecule has 2 heterocycles. The summed E-state index contributed by atoms with van der Waals surface area (Å²) in [7, 11) is 0. The van der Waals surface area contributed by atoms with Crippen LogP contribution in [-0.4, -0.2) is 10.1 Å². The highest BCUT2D eigenvalue weighted by Crippen LogP contribution is 2.19. The van der Waals surface area contributed by atoms with Crippen molar-refractivity contribution in [2.24, 2.45) is 0 Å². The second-order valence-electron chi connectivity index (χ2n) is 3.55. The van der Waals surface area contributed by atoms with Gasteiger partial charge in [-0.15, -0.1) is 0 Å². The van der Waals surface area contributed by atoms with Crippen molar-refractivity contribution >= 4 is 23.1 Å². The zero-order chi connectivity index (χ0) is 10.8. The molecule has 3 heteroatoms. The van der Waals surface area contributed by atoms with E-state index in [9.17, 15) is 0 Å². The fraction of sp³-hybridized carbons (Fsp3) is 0. The number of hydrogen-bond donors (Lipinski definition) is 1. The Morgan fingerprint density at radius 3 is 2.94 bits per heavy atom. The summed E-state index contributed by atoms with van der Waals surface area (Å²) in [6.45, 7) is 0. The van der Waals surface area contributed by atoms with E-state index in [-0.39, 0.29) is 0 Å². The number of para-hydroxylation sites is 1. The molecule has 0 unspecified atom stereocenters. The fourth-order valence-corrected chi connectivity index (χ4v) is 1.71. The quantitative estimate of drug-likeness (QED) is 0.704. The molecule has 0 radical (unpaired) electrons. The number of aromatic amines is 1. The fourth-order valence-electron chi connectivity index (χ4n) is 1.71. The standard InChI is InChI=1S/C13H10N2O/c1-2-4-13-12(3-1)10(9-14-13)5-6-11-7-8-16-15-11/h1-9,14H/b6-5+. The van der Waals surface area contributed by atoms with Gasteiger partial charge in [0.15, 0.2) is 0 Å². The van der Waals surface area contributed by atoms with E-state index in [1.807, 2.05) is 36.5 Å². The first-order valence-electron chi connectivity index (χ1n) is 5.08. The van der Waals surface area contributed by atoms with Crippen LogP contribution < -0.4 is 0 Å². The van der Waals surface area contributed by atoms with Crippen LogP contribution in [0.5, 0.6) is 0 Å². The van der Waals surface area contributed by atoms with E-state index in [0.29, 0.717) is 0 Å². The molecule has 0 fully saturated rings. The van der Waals surface area contributed by atoms with Gasteiger partial charge in [-0.2, -0.15) is 0 Å². The van der Waals surface area contributed by atoms with Crippen molar-refractivity contribution in [3.63, 3.8) is 0 Å². The summed E-state index contributed by atoms with van der Waals surface area (Å²) in [4.78, 5) is 3.22. The predicted molar refractivity (Wildman–Crippen MR) is 63.7 cm³/mol. The van der Waals surface area contributed by atoms with Gasteiger partial charge < -0.3 is 9.51 Å². The average Bonchev–Trinajstić information content (AvgIpc) is 2.96. The number of hydrogen-bond acceptors (Lipinski definition) is 2. The van der Waals surface area contributed by atoms with Gasteiger partial charge in [0.1, 0.15) is 12.0 Å². The van der Waals surface area contributed by atoms with Gasteiger partial charge in [-0.1, -0.05) is 29.4 Å². The van der Waals surface area contributed by atoms with Crippen LogP contribution in [0.4, 0.5) is 0 Å². The molecule has 1 aromatic carbocycles. The molecule has 0 amide bonds. The van der Waals surface area contributed by atoms with Gasteiger partial charge in [0.25, 0.3) is 0 Å². The van der Waals surface area contributed by atoms with Gasteiger partial charge in [0, 0.05) is 23.2 Å². The zero-order valence-corrected chi connectivity index (χ0v) is 8.55. The highest BCUT2D eigenvalue weighted by Gasteiger charge is 1.98. The summed E-state index contributed by atoms with van der Waals surface area (Å²) in [6.07, 6.45) is 7.51. The van der Waals surface area contributed by atoms with Crippen molar-refractivity contribution in [3.8, 4) is 0 Å². The van der Waals surface area contributed by atoms with E-state index in [2.05, 4.69) is 22.3 Å². The zero-order valence-electron chi connectivity index (χ0n) is 8.55. The van der Waals surface area contributed by atoms with E-state index < -0.39 is 0 Å². The lowest BCUT2D eigenvalue weighted by molar-refractivity contribution is 0.418. The molecule has 0 bridgehead atoms. The summed E-state index contributed by atoms with van der Waals surface area (Å²) >= 11 is 0. The second kappa shape index (κ2) is 3.70. The van der Waals surface area contributed by atoms with Crippen molar-refractivity contribution in [1.29, 1.82) is 0 Å². The second-order valence-corrected chi connectivity index (χ2v) is 3.55. The molecule has 3 rings (SSSR count). The maximum Gasteiger partial charge on any atom is 0.124 e. The Bertz CT molecular complexity index is 620. The molecule has 0 aliphatic rings. The highest BCUT2D eigenvalue weighted by atomic mass is 16.5. The first-order valence-corrected chi connectivity index (χ1v) is 5.08. The smallest absolute Gasteiger partial charge is 0.124 e. The van der Waals surface area contributed by atoms with Gasteiger partial charge in [0.2, 0.25) is 0 Å². The summed E-state index contributed by atoms with van der Waals surface area (Å²) in [5, 5.41) is 5.03. The van der Waals surface area contributed by atoms with Gasteiger partial charge >= 0.3 is 0 Å². The normalized spacial score (nSPS) is 11.5. The van der Waals surface area contributed by atoms with Crippen molar-refractivity contribution in [1.82, 2.24) is 10.1 Å². The first-order chi connectivity index (χ1) is 7.93. The Kier molecular flexibility index (Phi) is 2.07. The van der Waals surface area contributed by atoms with Crippen LogP contribution in [0.25, 0.3) is 23.1 Å². The molecule has 1 N–H and O–H groups in total. The molecule has 3 nitrogen and oxygen atoms in total. The number of aromatic nitrogens is 2. The summed E-state index contributed by atoms with van der Waals surface area (Å²) in [5.74, 6) is 0. The van der Waals surface area contributed by atoms with Crippen molar-refractivity contribution < 1.29 is 4.52 Å². The van der Waals surface area contributed by atoms with E-state index in [1.54, 1.807) is 6.26 Å². The molecule has 16 heavy (non-hydrogen) atoms. The van der Waals surface area contributed by atoms with Crippen LogP contribution in [0.15, 0.2) is 47.3 Å². The van der Waals surface area contributed by atoms with Crippen LogP contribution in [0.3, 0.4) is 0 Å². The van der Waals surface area contributed by atoms with E-state index in [4.69, 9.17) is 4.52 Å². The minimum Gasteiger partial charge on any atom is -0.364 e. The van der Waals surface area contributed by atoms with Crippen molar-refractivity contribution in [2.75, 3.05) is 0 Å². The third kappa shape index (κ3) is 1.52. The molecule has 0 spiro atoms. The number of nitrogens with zero attached hydrogens (tertiary/aromatic N) is 1. The Hall–Kier alpha value is -2.29. The summed E-state index contributed by atoms with van der Waals surface area (Å²) < 4.78 is 4.76. The monoisotopic (exact) mass is 210 g/mol. The Morgan fingerprint density at radius 2 is 2.06 bits per heavy atom. The number of rotatable bonds is 2. The first kappa shape index (κ1) is 8.97. The Morgan fingerprint density at radius 1 is 1.12 bits per heavy atom. The van der Waals surface area contributed by atoms with E-state index in [0.717, 1.165) is 16.8 Å². The molecule has 0 aliphatic heterocycles. The highest BCUT2D eigenvalue weighted by molar-refractivity contribution is 5.91. The van der Waals surface area contributed by atoms with Gasteiger partial charge in [-0.05, 0) is 17.7 Å². The lowest BCUT2D eigenvalue weighted by Crippen LogP contribution is -1.69. The largest absolute Gasteiger partial charge is 0.364 e. The molecule has 2 aromatic heterocycles. The maximum atomic E-state index is 4.76. The predicted octanol–water partition coefficient (Wildman–Crippen LogP) is 3.33.